The van der Waals surface area contributed by atoms with E-state index in [4.69, 9.17) is 0 Å². The van der Waals surface area contributed by atoms with Crippen molar-refractivity contribution in [3.63, 3.8) is 0 Å². The summed E-state index contributed by atoms with van der Waals surface area (Å²) in [5.74, 6) is -0.455. The molecule has 1 unspecified atom stereocenters. The van der Waals surface area contributed by atoms with E-state index in [1.54, 1.807) is 6.92 Å². The van der Waals surface area contributed by atoms with Gasteiger partial charge in [0.25, 0.3) is 0 Å². The number of rotatable bonds is 7. The highest BCUT2D eigenvalue weighted by Gasteiger charge is 2.30. The van der Waals surface area contributed by atoms with E-state index in [0.717, 1.165) is 18.3 Å². The van der Waals surface area contributed by atoms with Crippen molar-refractivity contribution >= 4 is 5.91 Å². The van der Waals surface area contributed by atoms with Crippen LogP contribution in [0.4, 0.5) is 26.3 Å². The van der Waals surface area contributed by atoms with E-state index in [9.17, 15) is 31.1 Å². The molecule has 0 aliphatic rings. The Bertz CT molecular complexity index is 819. The molecular weight excluding hydrogens is 402 g/mol. The lowest BCUT2D eigenvalue weighted by Gasteiger charge is -2.15. The van der Waals surface area contributed by atoms with Crippen molar-refractivity contribution in [2.45, 2.75) is 38.2 Å². The minimum atomic E-state index is -4.46. The number of pyridine rings is 1. The van der Waals surface area contributed by atoms with Crippen LogP contribution in [0, 0.1) is 0 Å². The molecule has 29 heavy (non-hydrogen) atoms. The predicted octanol–water partition coefficient (Wildman–Crippen LogP) is 4.85. The SMILES string of the molecule is CC(NC(=O)CCc1cccc(C(F)(F)F)c1)c1ccc(OCC(F)(F)F)cn1. The number of hydrogen-bond donors (Lipinski definition) is 1. The Morgan fingerprint density at radius 2 is 1.86 bits per heavy atom. The number of aryl methyl sites for hydroxylation is 1. The zero-order valence-electron chi connectivity index (χ0n) is 15.3. The molecule has 0 radical (unpaired) electrons. The quantitative estimate of drug-likeness (QED) is 0.652. The number of benzene rings is 1. The molecule has 0 saturated carbocycles. The summed E-state index contributed by atoms with van der Waals surface area (Å²) in [6, 6.07) is 6.93. The largest absolute Gasteiger partial charge is 0.483 e. The van der Waals surface area contributed by atoms with Crippen LogP contribution in [0.15, 0.2) is 42.6 Å². The van der Waals surface area contributed by atoms with E-state index < -0.39 is 36.5 Å². The highest BCUT2D eigenvalue weighted by atomic mass is 19.4. The van der Waals surface area contributed by atoms with Crippen LogP contribution in [0.5, 0.6) is 5.75 Å². The average Bonchev–Trinajstić information content (AvgIpc) is 2.64. The molecule has 0 aliphatic heterocycles. The van der Waals surface area contributed by atoms with Gasteiger partial charge in [0.05, 0.1) is 23.5 Å². The first-order valence-electron chi connectivity index (χ1n) is 8.55. The van der Waals surface area contributed by atoms with Crippen LogP contribution in [-0.4, -0.2) is 23.7 Å². The minimum Gasteiger partial charge on any atom is -0.483 e. The highest BCUT2D eigenvalue weighted by molar-refractivity contribution is 5.76. The van der Waals surface area contributed by atoms with Crippen molar-refractivity contribution in [3.8, 4) is 5.75 Å². The zero-order chi connectivity index (χ0) is 21.7. The Morgan fingerprint density at radius 1 is 1.14 bits per heavy atom. The molecule has 0 bridgehead atoms. The number of nitrogens with one attached hydrogen (secondary N) is 1. The number of ether oxygens (including phenoxy) is 1. The summed E-state index contributed by atoms with van der Waals surface area (Å²) in [5.41, 5.74) is 0.00417. The van der Waals surface area contributed by atoms with E-state index in [2.05, 4.69) is 15.0 Å². The van der Waals surface area contributed by atoms with E-state index in [1.807, 2.05) is 0 Å². The van der Waals surface area contributed by atoms with Crippen LogP contribution >= 0.6 is 0 Å². The van der Waals surface area contributed by atoms with Gasteiger partial charge >= 0.3 is 12.4 Å². The van der Waals surface area contributed by atoms with Gasteiger partial charge < -0.3 is 10.1 Å². The second kappa shape index (κ2) is 9.15. The molecular formula is C19H18F6N2O2. The van der Waals surface area contributed by atoms with Gasteiger partial charge in [-0.25, -0.2) is 0 Å². The molecule has 1 heterocycles. The lowest BCUT2D eigenvalue weighted by atomic mass is 10.1. The average molecular weight is 420 g/mol. The third kappa shape index (κ3) is 7.63. The summed E-state index contributed by atoms with van der Waals surface area (Å²) in [6.07, 6.45) is -7.70. The molecule has 0 fully saturated rings. The molecule has 0 aliphatic carbocycles. The molecule has 10 heteroatoms. The normalized spacial score (nSPS) is 13.1. The van der Waals surface area contributed by atoms with E-state index in [0.29, 0.717) is 11.3 Å². The van der Waals surface area contributed by atoms with Crippen LogP contribution in [0.3, 0.4) is 0 Å². The Morgan fingerprint density at radius 3 is 2.45 bits per heavy atom. The Hall–Kier alpha value is -2.78. The lowest BCUT2D eigenvalue weighted by Crippen LogP contribution is -2.27. The Balaban J connectivity index is 1.86. The van der Waals surface area contributed by atoms with Crippen molar-refractivity contribution in [1.82, 2.24) is 10.3 Å². The van der Waals surface area contributed by atoms with Gasteiger partial charge in [-0.1, -0.05) is 18.2 Å². The maximum atomic E-state index is 12.7. The summed E-state index contributed by atoms with van der Waals surface area (Å²) in [7, 11) is 0. The lowest BCUT2D eigenvalue weighted by molar-refractivity contribution is -0.153. The van der Waals surface area contributed by atoms with Gasteiger partial charge in [-0.3, -0.25) is 9.78 Å². The standard InChI is InChI=1S/C19H18F6N2O2/c1-12(16-7-6-15(10-26-16)29-11-18(20,21)22)27-17(28)8-5-13-3-2-4-14(9-13)19(23,24)25/h2-4,6-7,9-10,12H,5,8,11H2,1H3,(H,27,28). The topological polar surface area (TPSA) is 51.2 Å². The van der Waals surface area contributed by atoms with Gasteiger partial charge in [0.15, 0.2) is 6.61 Å². The second-order valence-corrected chi connectivity index (χ2v) is 6.31. The van der Waals surface area contributed by atoms with Crippen LogP contribution < -0.4 is 10.1 Å². The number of hydrogen-bond acceptors (Lipinski definition) is 3. The van der Waals surface area contributed by atoms with Gasteiger partial charge in [-0.15, -0.1) is 0 Å². The summed E-state index contributed by atoms with van der Waals surface area (Å²) < 4.78 is 79.0. The Kier molecular flexibility index (Phi) is 7.10. The summed E-state index contributed by atoms with van der Waals surface area (Å²) in [4.78, 5) is 16.0. The molecule has 0 saturated heterocycles. The number of aromatic nitrogens is 1. The summed E-state index contributed by atoms with van der Waals surface area (Å²) in [6.45, 7) is 0.191. The first-order valence-corrected chi connectivity index (χ1v) is 8.55. The number of carbonyl (C=O) groups excluding carboxylic acids is 1. The highest BCUT2D eigenvalue weighted by Crippen LogP contribution is 2.29. The number of alkyl halides is 6. The molecule has 158 valence electrons. The van der Waals surface area contributed by atoms with Crippen molar-refractivity contribution in [1.29, 1.82) is 0 Å². The van der Waals surface area contributed by atoms with Gasteiger partial charge in [0, 0.05) is 6.42 Å². The molecule has 4 nitrogen and oxygen atoms in total. The van der Waals surface area contributed by atoms with Gasteiger partial charge in [0.1, 0.15) is 5.75 Å². The molecule has 1 N–H and O–H groups in total. The van der Waals surface area contributed by atoms with Crippen molar-refractivity contribution in [2.24, 2.45) is 0 Å². The van der Waals surface area contributed by atoms with Gasteiger partial charge in [-0.2, -0.15) is 26.3 Å². The fraction of sp³-hybridized carbons (Fsp3) is 0.368. The first-order chi connectivity index (χ1) is 13.4. The fourth-order valence-electron chi connectivity index (χ4n) is 2.45. The minimum absolute atomic E-state index is 0.0293. The zero-order valence-corrected chi connectivity index (χ0v) is 15.3. The molecule has 2 rings (SSSR count). The summed E-state index contributed by atoms with van der Waals surface area (Å²) >= 11 is 0. The second-order valence-electron chi connectivity index (χ2n) is 6.31. The number of nitrogens with zero attached hydrogens (tertiary/aromatic N) is 1. The smallest absolute Gasteiger partial charge is 0.422 e. The molecule has 2 aromatic rings. The molecule has 1 amide bonds. The van der Waals surface area contributed by atoms with Crippen molar-refractivity contribution in [3.05, 3.63) is 59.4 Å². The molecule has 1 atom stereocenters. The Labute approximate surface area is 162 Å². The van der Waals surface area contributed by atoms with E-state index >= 15 is 0 Å². The first kappa shape index (κ1) is 22.5. The third-order valence-corrected chi connectivity index (χ3v) is 3.88. The molecule has 1 aromatic carbocycles. The fourth-order valence-corrected chi connectivity index (χ4v) is 2.45. The van der Waals surface area contributed by atoms with Gasteiger partial charge in [-0.05, 0) is 37.1 Å². The van der Waals surface area contributed by atoms with Gasteiger partial charge in [0.2, 0.25) is 5.91 Å². The summed E-state index contributed by atoms with van der Waals surface area (Å²) in [5, 5.41) is 2.64. The van der Waals surface area contributed by atoms with Crippen LogP contribution in [0.2, 0.25) is 0 Å². The van der Waals surface area contributed by atoms with Crippen molar-refractivity contribution < 1.29 is 35.9 Å². The maximum Gasteiger partial charge on any atom is 0.422 e. The monoisotopic (exact) mass is 420 g/mol. The van der Waals surface area contributed by atoms with E-state index in [1.165, 1.54) is 24.3 Å². The number of carbonyl (C=O) groups is 1. The molecule has 1 aromatic heterocycles. The van der Waals surface area contributed by atoms with Crippen LogP contribution in [0.25, 0.3) is 0 Å². The van der Waals surface area contributed by atoms with Crippen LogP contribution in [-0.2, 0) is 17.4 Å². The van der Waals surface area contributed by atoms with Crippen LogP contribution in [0.1, 0.15) is 36.2 Å². The van der Waals surface area contributed by atoms with Crippen molar-refractivity contribution in [2.75, 3.05) is 6.61 Å². The third-order valence-electron chi connectivity index (χ3n) is 3.88. The maximum absolute atomic E-state index is 12.7. The van der Waals surface area contributed by atoms with E-state index in [-0.39, 0.29) is 18.6 Å². The number of amides is 1. The molecule has 0 spiro atoms. The number of halogens is 6. The predicted molar refractivity (Wildman–Crippen MR) is 92.1 cm³/mol.